The molecule has 1 aromatic carbocycles. The first-order chi connectivity index (χ1) is 6.24. The number of halogens is 2. The fourth-order valence-electron chi connectivity index (χ4n) is 0.722. The Hall–Kier alpha value is -0.220. The third-order valence-corrected chi connectivity index (χ3v) is 3.90. The van der Waals surface area contributed by atoms with Gasteiger partial charge in [0.2, 0.25) is 0 Å². The summed E-state index contributed by atoms with van der Waals surface area (Å²) in [5.41, 5.74) is 0. The molecular weight excluding hydrogens is 210 g/mol. The van der Waals surface area contributed by atoms with Gasteiger partial charge in [-0.05, 0) is 24.6 Å². The Morgan fingerprint density at radius 3 is 2.62 bits per heavy atom. The van der Waals surface area contributed by atoms with Crippen LogP contribution in [0.25, 0.3) is 0 Å². The lowest BCUT2D eigenvalue weighted by atomic mass is 10.3. The third-order valence-electron chi connectivity index (χ3n) is 1.33. The maximum atomic E-state index is 12.7. The second-order valence-electron chi connectivity index (χ2n) is 2.48. The number of benzene rings is 1. The first kappa shape index (κ1) is 10.9. The van der Waals surface area contributed by atoms with Crippen molar-refractivity contribution in [3.63, 3.8) is 0 Å². The highest BCUT2D eigenvalue weighted by molar-refractivity contribution is 8.76. The standard InChI is InChI=1S/C9H10F2S2/c1-2-5-12-13-7-3-4-8(10)9(11)6-7/h3-4,6H,2,5H2,1H3. The molecule has 0 saturated carbocycles. The zero-order valence-corrected chi connectivity index (χ0v) is 8.85. The van der Waals surface area contributed by atoms with Crippen LogP contribution in [-0.2, 0) is 0 Å². The molecular formula is C9H10F2S2. The normalized spacial score (nSPS) is 10.4. The molecule has 0 bridgehead atoms. The smallest absolute Gasteiger partial charge is 0.159 e. The highest BCUT2D eigenvalue weighted by Crippen LogP contribution is 2.31. The average Bonchev–Trinajstić information content (AvgIpc) is 2.12. The number of hydrogen-bond donors (Lipinski definition) is 0. The predicted molar refractivity (Wildman–Crippen MR) is 55.0 cm³/mol. The Kier molecular flexibility index (Phi) is 4.59. The Balaban J connectivity index is 2.53. The zero-order valence-electron chi connectivity index (χ0n) is 7.22. The molecule has 1 aromatic rings. The van der Waals surface area contributed by atoms with E-state index in [1.165, 1.54) is 16.9 Å². The van der Waals surface area contributed by atoms with Crippen LogP contribution in [0.1, 0.15) is 13.3 Å². The van der Waals surface area contributed by atoms with Gasteiger partial charge in [-0.15, -0.1) is 0 Å². The minimum absolute atomic E-state index is 0.761. The Morgan fingerprint density at radius 2 is 2.00 bits per heavy atom. The van der Waals surface area contributed by atoms with Gasteiger partial charge in [0, 0.05) is 10.6 Å². The molecule has 4 heteroatoms. The summed E-state index contributed by atoms with van der Waals surface area (Å²) in [4.78, 5) is 0.761. The highest BCUT2D eigenvalue weighted by atomic mass is 33.1. The van der Waals surface area contributed by atoms with Crippen LogP contribution in [0.5, 0.6) is 0 Å². The molecule has 0 nitrogen and oxygen atoms in total. The summed E-state index contributed by atoms with van der Waals surface area (Å²) in [7, 11) is 3.13. The molecule has 0 N–H and O–H groups in total. The van der Waals surface area contributed by atoms with Gasteiger partial charge in [0.05, 0.1) is 0 Å². The lowest BCUT2D eigenvalue weighted by Gasteiger charge is -1.99. The lowest BCUT2D eigenvalue weighted by Crippen LogP contribution is -1.82. The summed E-state index contributed by atoms with van der Waals surface area (Å²) in [6.07, 6.45) is 1.08. The van der Waals surface area contributed by atoms with E-state index < -0.39 is 11.6 Å². The Labute approximate surface area is 84.5 Å². The molecule has 1 rings (SSSR count). The maximum absolute atomic E-state index is 12.7. The molecule has 0 unspecified atom stereocenters. The van der Waals surface area contributed by atoms with Crippen molar-refractivity contribution in [1.29, 1.82) is 0 Å². The number of rotatable bonds is 4. The van der Waals surface area contributed by atoms with E-state index in [9.17, 15) is 8.78 Å². The van der Waals surface area contributed by atoms with Crippen molar-refractivity contribution in [1.82, 2.24) is 0 Å². The SMILES string of the molecule is CCCSSc1ccc(F)c(F)c1. The van der Waals surface area contributed by atoms with Crippen molar-refractivity contribution >= 4 is 21.6 Å². The van der Waals surface area contributed by atoms with E-state index in [2.05, 4.69) is 6.92 Å². The van der Waals surface area contributed by atoms with Crippen molar-refractivity contribution in [2.45, 2.75) is 18.2 Å². The highest BCUT2D eigenvalue weighted by Gasteiger charge is 2.02. The van der Waals surface area contributed by atoms with Crippen LogP contribution in [0.3, 0.4) is 0 Å². The molecule has 0 saturated heterocycles. The van der Waals surface area contributed by atoms with Crippen LogP contribution in [0.4, 0.5) is 8.78 Å². The van der Waals surface area contributed by atoms with Crippen molar-refractivity contribution in [3.8, 4) is 0 Å². The van der Waals surface area contributed by atoms with Crippen LogP contribution in [0.15, 0.2) is 23.1 Å². The minimum Gasteiger partial charge on any atom is -0.204 e. The molecule has 0 amide bonds. The second-order valence-corrected chi connectivity index (χ2v) is 4.97. The van der Waals surface area contributed by atoms with Gasteiger partial charge in [-0.3, -0.25) is 0 Å². The van der Waals surface area contributed by atoms with Crippen molar-refractivity contribution in [2.24, 2.45) is 0 Å². The van der Waals surface area contributed by atoms with E-state index >= 15 is 0 Å². The molecule has 0 aliphatic rings. The molecule has 0 aliphatic carbocycles. The van der Waals surface area contributed by atoms with E-state index in [0.29, 0.717) is 0 Å². The van der Waals surface area contributed by atoms with Crippen molar-refractivity contribution in [2.75, 3.05) is 5.75 Å². The summed E-state index contributed by atoms with van der Waals surface area (Å²) >= 11 is 0. The van der Waals surface area contributed by atoms with Crippen LogP contribution < -0.4 is 0 Å². The van der Waals surface area contributed by atoms with Gasteiger partial charge in [-0.1, -0.05) is 28.5 Å². The van der Waals surface area contributed by atoms with Crippen LogP contribution in [-0.4, -0.2) is 5.75 Å². The van der Waals surface area contributed by atoms with Crippen molar-refractivity contribution in [3.05, 3.63) is 29.8 Å². The molecule has 0 fully saturated rings. The fourth-order valence-corrected chi connectivity index (χ4v) is 2.85. The molecule has 0 radical (unpaired) electrons. The maximum Gasteiger partial charge on any atom is 0.159 e. The van der Waals surface area contributed by atoms with E-state index in [1.54, 1.807) is 16.9 Å². The predicted octanol–water partition coefficient (Wildman–Crippen LogP) is 4.12. The molecule has 0 heterocycles. The molecule has 0 aromatic heterocycles. The van der Waals surface area contributed by atoms with Gasteiger partial charge < -0.3 is 0 Å². The first-order valence-corrected chi connectivity index (χ1v) is 6.30. The molecule has 0 aliphatic heterocycles. The van der Waals surface area contributed by atoms with Crippen LogP contribution in [0, 0.1) is 11.6 Å². The third kappa shape index (κ3) is 3.56. The van der Waals surface area contributed by atoms with E-state index in [4.69, 9.17) is 0 Å². The summed E-state index contributed by atoms with van der Waals surface area (Å²) in [5.74, 6) is -0.545. The van der Waals surface area contributed by atoms with Gasteiger partial charge in [-0.2, -0.15) is 0 Å². The monoisotopic (exact) mass is 220 g/mol. The quantitative estimate of drug-likeness (QED) is 0.553. The van der Waals surface area contributed by atoms with Crippen LogP contribution in [0.2, 0.25) is 0 Å². The van der Waals surface area contributed by atoms with Gasteiger partial charge in [0.25, 0.3) is 0 Å². The molecule has 13 heavy (non-hydrogen) atoms. The zero-order chi connectivity index (χ0) is 9.68. The molecule has 0 spiro atoms. The number of hydrogen-bond acceptors (Lipinski definition) is 2. The fraction of sp³-hybridized carbons (Fsp3) is 0.333. The summed E-state index contributed by atoms with van der Waals surface area (Å²) < 4.78 is 25.2. The largest absolute Gasteiger partial charge is 0.204 e. The van der Waals surface area contributed by atoms with Gasteiger partial charge in [0.15, 0.2) is 11.6 Å². The van der Waals surface area contributed by atoms with Crippen molar-refractivity contribution < 1.29 is 8.78 Å². The molecule has 0 atom stereocenters. The molecule has 72 valence electrons. The van der Waals surface area contributed by atoms with Gasteiger partial charge >= 0.3 is 0 Å². The van der Waals surface area contributed by atoms with E-state index in [0.717, 1.165) is 23.1 Å². The lowest BCUT2D eigenvalue weighted by molar-refractivity contribution is 0.506. The average molecular weight is 220 g/mol. The second kappa shape index (κ2) is 5.50. The summed E-state index contributed by atoms with van der Waals surface area (Å²) in [5, 5.41) is 0. The summed E-state index contributed by atoms with van der Waals surface area (Å²) in [6.45, 7) is 2.08. The van der Waals surface area contributed by atoms with Gasteiger partial charge in [0.1, 0.15) is 0 Å². The van der Waals surface area contributed by atoms with Gasteiger partial charge in [-0.25, -0.2) is 8.78 Å². The van der Waals surface area contributed by atoms with Crippen LogP contribution >= 0.6 is 21.6 Å². The van der Waals surface area contributed by atoms with E-state index in [1.807, 2.05) is 0 Å². The Bertz CT molecular complexity index is 276. The first-order valence-electron chi connectivity index (χ1n) is 3.98. The minimum atomic E-state index is -0.787. The van der Waals surface area contributed by atoms with E-state index in [-0.39, 0.29) is 0 Å². The Morgan fingerprint density at radius 1 is 1.23 bits per heavy atom. The summed E-state index contributed by atoms with van der Waals surface area (Å²) in [6, 6.07) is 3.97. The topological polar surface area (TPSA) is 0 Å².